The van der Waals surface area contributed by atoms with Crippen LogP contribution in [0, 0.1) is 28.6 Å². The molecule has 0 radical (unpaired) electrons. The van der Waals surface area contributed by atoms with Gasteiger partial charge in [-0.05, 0) is 43.4 Å². The number of fused-ring (bicyclic) bond motifs is 5. The van der Waals surface area contributed by atoms with Gasteiger partial charge >= 0.3 is 0 Å². The maximum absolute atomic E-state index is 14.3. The maximum Gasteiger partial charge on any atom is 0.108 e. The summed E-state index contributed by atoms with van der Waals surface area (Å²) in [6.45, 7) is 5.08. The van der Waals surface area contributed by atoms with Crippen LogP contribution in [0.4, 0.5) is 4.39 Å². The van der Waals surface area contributed by atoms with E-state index in [1.54, 1.807) is 0 Å². The van der Waals surface area contributed by atoms with Gasteiger partial charge in [-0.15, -0.1) is 0 Å². The minimum Gasteiger partial charge on any atom is -0.376 e. The monoisotopic (exact) mass is 276 g/mol. The Hall–Kier alpha value is -0.630. The van der Waals surface area contributed by atoms with Crippen LogP contribution in [-0.2, 0) is 4.74 Å². The van der Waals surface area contributed by atoms with E-state index in [9.17, 15) is 4.39 Å². The number of alkyl halides is 1. The van der Waals surface area contributed by atoms with Crippen LogP contribution >= 0.6 is 0 Å². The summed E-state index contributed by atoms with van der Waals surface area (Å²) in [6.07, 6.45) is 12.9. The van der Waals surface area contributed by atoms with Crippen LogP contribution in [0.2, 0.25) is 0 Å². The van der Waals surface area contributed by atoms with Gasteiger partial charge in [-0.2, -0.15) is 0 Å². The van der Waals surface area contributed by atoms with Gasteiger partial charge in [0.2, 0.25) is 0 Å². The van der Waals surface area contributed by atoms with Crippen LogP contribution < -0.4 is 0 Å². The Labute approximate surface area is 121 Å². The number of allylic oxidation sites excluding steroid dienone is 3. The zero-order chi connectivity index (χ0) is 14.0. The van der Waals surface area contributed by atoms with Crippen LogP contribution in [0.3, 0.4) is 0 Å². The maximum atomic E-state index is 14.3. The van der Waals surface area contributed by atoms with E-state index in [-0.39, 0.29) is 16.9 Å². The molecule has 0 aromatic carbocycles. The van der Waals surface area contributed by atoms with Gasteiger partial charge in [0, 0.05) is 10.8 Å². The average Bonchev–Trinajstić information content (AvgIpc) is 2.74. The summed E-state index contributed by atoms with van der Waals surface area (Å²) in [5.41, 5.74) is -0.105. The first-order chi connectivity index (χ1) is 9.56. The van der Waals surface area contributed by atoms with Crippen LogP contribution in [-0.4, -0.2) is 18.9 Å². The molecule has 1 heterocycles. The van der Waals surface area contributed by atoms with Crippen LogP contribution in [0.25, 0.3) is 0 Å². The molecule has 0 aromatic rings. The highest BCUT2D eigenvalue weighted by atomic mass is 19.1. The summed E-state index contributed by atoms with van der Waals surface area (Å²) in [5.74, 6) is 1.67. The van der Waals surface area contributed by atoms with E-state index < -0.39 is 6.17 Å². The molecule has 7 atom stereocenters. The smallest absolute Gasteiger partial charge is 0.108 e. The lowest BCUT2D eigenvalue weighted by molar-refractivity contribution is -0.192. The van der Waals surface area contributed by atoms with Gasteiger partial charge in [-0.1, -0.05) is 38.2 Å². The molecule has 3 aliphatic carbocycles. The van der Waals surface area contributed by atoms with Crippen molar-refractivity contribution in [2.45, 2.75) is 51.8 Å². The van der Waals surface area contributed by atoms with Crippen molar-refractivity contribution in [3.05, 3.63) is 24.3 Å². The number of rotatable bonds is 0. The number of hydrogen-bond acceptors (Lipinski definition) is 1. The van der Waals surface area contributed by atoms with Crippen molar-refractivity contribution in [1.29, 1.82) is 0 Å². The van der Waals surface area contributed by atoms with E-state index in [0.29, 0.717) is 24.4 Å². The second kappa shape index (κ2) is 4.19. The largest absolute Gasteiger partial charge is 0.376 e. The molecule has 110 valence electrons. The topological polar surface area (TPSA) is 9.23 Å². The molecule has 2 heteroatoms. The van der Waals surface area contributed by atoms with E-state index in [0.717, 1.165) is 12.8 Å². The SMILES string of the molecule is C[C@]12C=CC=CC1CC[C@@H]1[C@H]2OC[C@]2(C)C(F)CC[C@@H]12. The molecular formula is C18H25FO. The van der Waals surface area contributed by atoms with Crippen molar-refractivity contribution in [3.8, 4) is 0 Å². The fourth-order valence-electron chi connectivity index (χ4n) is 5.59. The van der Waals surface area contributed by atoms with Gasteiger partial charge in [0.05, 0.1) is 12.7 Å². The minimum absolute atomic E-state index is 0.118. The number of halogens is 1. The Morgan fingerprint density at radius 3 is 2.80 bits per heavy atom. The zero-order valence-corrected chi connectivity index (χ0v) is 12.5. The first-order valence-electron chi connectivity index (χ1n) is 8.17. The molecule has 0 N–H and O–H groups in total. The van der Waals surface area contributed by atoms with Gasteiger partial charge in [0.25, 0.3) is 0 Å². The molecule has 1 saturated heterocycles. The second-order valence-electron chi connectivity index (χ2n) is 7.85. The molecule has 2 saturated carbocycles. The quantitative estimate of drug-likeness (QED) is 0.641. The van der Waals surface area contributed by atoms with Crippen LogP contribution in [0.15, 0.2) is 24.3 Å². The van der Waals surface area contributed by atoms with E-state index in [4.69, 9.17) is 4.74 Å². The van der Waals surface area contributed by atoms with Crippen molar-refractivity contribution in [2.24, 2.45) is 28.6 Å². The molecule has 3 fully saturated rings. The predicted octanol–water partition coefficient (Wildman–Crippen LogP) is 4.30. The van der Waals surface area contributed by atoms with Crippen LogP contribution in [0.5, 0.6) is 0 Å². The van der Waals surface area contributed by atoms with Crippen molar-refractivity contribution < 1.29 is 9.13 Å². The average molecular weight is 276 g/mol. The van der Waals surface area contributed by atoms with E-state index in [2.05, 4.69) is 38.2 Å². The van der Waals surface area contributed by atoms with Gasteiger partial charge < -0.3 is 4.74 Å². The Bertz CT molecular complexity index is 470. The van der Waals surface area contributed by atoms with Gasteiger partial charge in [0.15, 0.2) is 0 Å². The third kappa shape index (κ3) is 1.52. The third-order valence-electron chi connectivity index (χ3n) is 6.91. The Kier molecular flexibility index (Phi) is 2.74. The highest BCUT2D eigenvalue weighted by Crippen LogP contribution is 2.60. The standard InChI is InChI=1S/C18H25FO/c1-17-10-4-3-5-12(17)6-7-13-14-8-9-15(19)18(14,2)11-20-16(13)17/h3-5,10,12-16H,6-9,11H2,1-2H3/t12?,13-,14-,15?,16+,17-,18-/m0/s1. The molecule has 1 nitrogen and oxygen atoms in total. The molecule has 0 aromatic heterocycles. The summed E-state index contributed by atoms with van der Waals surface area (Å²) in [6, 6.07) is 0. The molecule has 1 aliphatic heterocycles. The number of ether oxygens (including phenoxy) is 1. The molecule has 0 amide bonds. The minimum atomic E-state index is -0.666. The van der Waals surface area contributed by atoms with Crippen molar-refractivity contribution in [1.82, 2.24) is 0 Å². The molecule has 0 spiro atoms. The normalized spacial score (nSPS) is 57.0. The highest BCUT2D eigenvalue weighted by Gasteiger charge is 2.60. The molecule has 2 unspecified atom stereocenters. The van der Waals surface area contributed by atoms with Crippen molar-refractivity contribution in [3.63, 3.8) is 0 Å². The van der Waals surface area contributed by atoms with Crippen LogP contribution in [0.1, 0.15) is 39.5 Å². The van der Waals surface area contributed by atoms with Crippen molar-refractivity contribution in [2.75, 3.05) is 6.61 Å². The first kappa shape index (κ1) is 13.1. The molecule has 4 rings (SSSR count). The van der Waals surface area contributed by atoms with Gasteiger partial charge in [0.1, 0.15) is 6.17 Å². The Morgan fingerprint density at radius 2 is 1.95 bits per heavy atom. The summed E-state index contributed by atoms with van der Waals surface area (Å²) in [7, 11) is 0. The van der Waals surface area contributed by atoms with Crippen molar-refractivity contribution >= 4 is 0 Å². The highest BCUT2D eigenvalue weighted by molar-refractivity contribution is 5.24. The Morgan fingerprint density at radius 1 is 1.10 bits per heavy atom. The summed E-state index contributed by atoms with van der Waals surface area (Å²) in [5, 5.41) is 0. The van der Waals surface area contributed by atoms with E-state index in [1.165, 1.54) is 12.8 Å². The summed E-state index contributed by atoms with van der Waals surface area (Å²) >= 11 is 0. The summed E-state index contributed by atoms with van der Waals surface area (Å²) in [4.78, 5) is 0. The second-order valence-corrected chi connectivity index (χ2v) is 7.85. The number of hydrogen-bond donors (Lipinski definition) is 0. The zero-order valence-electron chi connectivity index (χ0n) is 12.5. The fraction of sp³-hybridized carbons (Fsp3) is 0.778. The first-order valence-corrected chi connectivity index (χ1v) is 8.17. The molecular weight excluding hydrogens is 251 g/mol. The lowest BCUT2D eigenvalue weighted by Crippen LogP contribution is -2.57. The molecule has 4 aliphatic rings. The lowest BCUT2D eigenvalue weighted by Gasteiger charge is -2.57. The third-order valence-corrected chi connectivity index (χ3v) is 6.91. The fourth-order valence-corrected chi connectivity index (χ4v) is 5.59. The molecule has 0 bridgehead atoms. The Balaban J connectivity index is 1.68. The lowest BCUT2D eigenvalue weighted by atomic mass is 9.54. The van der Waals surface area contributed by atoms with Gasteiger partial charge in [-0.3, -0.25) is 0 Å². The van der Waals surface area contributed by atoms with E-state index in [1.807, 2.05) is 0 Å². The molecule has 20 heavy (non-hydrogen) atoms. The van der Waals surface area contributed by atoms with Gasteiger partial charge in [-0.25, -0.2) is 4.39 Å². The van der Waals surface area contributed by atoms with E-state index >= 15 is 0 Å². The predicted molar refractivity (Wildman–Crippen MR) is 78.1 cm³/mol. The summed E-state index contributed by atoms with van der Waals surface area (Å²) < 4.78 is 20.6.